The Labute approximate surface area is 242 Å². The topological polar surface area (TPSA) is 152 Å². The summed E-state index contributed by atoms with van der Waals surface area (Å²) in [5.74, 6) is -1.42. The van der Waals surface area contributed by atoms with Gasteiger partial charge in [-0.25, -0.2) is 4.79 Å². The van der Waals surface area contributed by atoms with Crippen molar-refractivity contribution in [3.05, 3.63) is 48.0 Å². The van der Waals surface area contributed by atoms with Crippen LogP contribution in [-0.4, -0.2) is 74.5 Å². The highest BCUT2D eigenvalue weighted by Gasteiger charge is 2.24. The molecule has 0 aromatic heterocycles. The number of alkyl carbamates (subject to hydrolysis) is 1. The predicted molar refractivity (Wildman–Crippen MR) is 153 cm³/mol. The van der Waals surface area contributed by atoms with Crippen LogP contribution in [0.5, 0.6) is 0 Å². The van der Waals surface area contributed by atoms with Gasteiger partial charge in [0, 0.05) is 25.9 Å². The second kappa shape index (κ2) is 21.3. The van der Waals surface area contributed by atoms with Gasteiger partial charge in [-0.1, -0.05) is 42.5 Å². The number of aliphatic hydroxyl groups excluding tert-OH is 1. The van der Waals surface area contributed by atoms with Crippen LogP contribution in [0.2, 0.25) is 0 Å². The van der Waals surface area contributed by atoms with Gasteiger partial charge in [0.05, 0.1) is 31.8 Å². The standard InChI is InChI=1S/C30H45N3O8/c34-18-20-39-19-17-31-27(35)21-25-13-7-2-1-3-8-15-28(36)40-23-26(33-29(25)37)14-9-10-16-32-30(38)41-22-24-11-5-4-6-12-24/h2,4-7,11-12,25-26,34H,1,3,8-10,13-23H2,(H,31,35)(H,32,38)(H,33,37)/t25-,26+/m1/s1. The highest BCUT2D eigenvalue weighted by Crippen LogP contribution is 2.14. The number of ether oxygens (including phenoxy) is 3. The number of benzene rings is 1. The number of aliphatic hydroxyl groups is 1. The number of hydrogen-bond acceptors (Lipinski definition) is 8. The Bertz CT molecular complexity index is 941. The highest BCUT2D eigenvalue weighted by atomic mass is 16.5. The summed E-state index contributed by atoms with van der Waals surface area (Å²) >= 11 is 0. The quantitative estimate of drug-likeness (QED) is 0.150. The first-order valence-electron chi connectivity index (χ1n) is 14.5. The van der Waals surface area contributed by atoms with Crippen LogP contribution in [0.15, 0.2) is 42.5 Å². The number of cyclic esters (lactones) is 1. The molecule has 41 heavy (non-hydrogen) atoms. The minimum atomic E-state index is -0.577. The molecule has 11 heteroatoms. The Balaban J connectivity index is 1.84. The molecule has 0 saturated carbocycles. The zero-order chi connectivity index (χ0) is 29.5. The van der Waals surface area contributed by atoms with E-state index in [-0.39, 0.29) is 63.8 Å². The van der Waals surface area contributed by atoms with E-state index in [9.17, 15) is 19.2 Å². The lowest BCUT2D eigenvalue weighted by molar-refractivity contribution is -0.145. The van der Waals surface area contributed by atoms with Gasteiger partial charge in [-0.05, 0) is 50.5 Å². The number of esters is 1. The van der Waals surface area contributed by atoms with Crippen molar-refractivity contribution in [1.29, 1.82) is 0 Å². The summed E-state index contributed by atoms with van der Waals surface area (Å²) in [5, 5.41) is 17.2. The Kier molecular flexibility index (Phi) is 17.6. The van der Waals surface area contributed by atoms with Crippen LogP contribution >= 0.6 is 0 Å². The van der Waals surface area contributed by atoms with Gasteiger partial charge in [0.15, 0.2) is 0 Å². The lowest BCUT2D eigenvalue weighted by atomic mass is 9.98. The van der Waals surface area contributed by atoms with Gasteiger partial charge in [0.25, 0.3) is 0 Å². The number of hydrogen-bond donors (Lipinski definition) is 4. The third kappa shape index (κ3) is 16.4. The fraction of sp³-hybridized carbons (Fsp3) is 0.600. The van der Waals surface area contributed by atoms with E-state index in [2.05, 4.69) is 16.0 Å². The molecular weight excluding hydrogens is 530 g/mol. The molecule has 1 aliphatic rings. The summed E-state index contributed by atoms with van der Waals surface area (Å²) in [4.78, 5) is 49.8. The van der Waals surface area contributed by atoms with Crippen molar-refractivity contribution in [2.45, 2.75) is 70.4 Å². The molecule has 0 radical (unpaired) electrons. The molecule has 0 unspecified atom stereocenters. The van der Waals surface area contributed by atoms with E-state index in [0.717, 1.165) is 24.8 Å². The van der Waals surface area contributed by atoms with Crippen molar-refractivity contribution in [3.63, 3.8) is 0 Å². The van der Waals surface area contributed by atoms with Crippen LogP contribution < -0.4 is 16.0 Å². The molecule has 0 fully saturated rings. The molecule has 228 valence electrons. The lowest BCUT2D eigenvalue weighted by Gasteiger charge is -2.22. The first-order chi connectivity index (χ1) is 20.0. The fourth-order valence-electron chi connectivity index (χ4n) is 4.18. The number of carbonyl (C=O) groups excluding carboxylic acids is 4. The maximum Gasteiger partial charge on any atom is 0.407 e. The minimum Gasteiger partial charge on any atom is -0.463 e. The Morgan fingerprint density at radius 2 is 1.85 bits per heavy atom. The molecule has 0 aliphatic carbocycles. The summed E-state index contributed by atoms with van der Waals surface area (Å²) in [7, 11) is 0. The van der Waals surface area contributed by atoms with Crippen molar-refractivity contribution < 1.29 is 38.5 Å². The van der Waals surface area contributed by atoms with Crippen LogP contribution in [0.25, 0.3) is 0 Å². The molecular formula is C30H45N3O8. The Morgan fingerprint density at radius 3 is 2.66 bits per heavy atom. The summed E-state index contributed by atoms with van der Waals surface area (Å²) in [6.45, 7) is 1.32. The zero-order valence-corrected chi connectivity index (χ0v) is 23.8. The van der Waals surface area contributed by atoms with Gasteiger partial charge < -0.3 is 35.3 Å². The summed E-state index contributed by atoms with van der Waals surface area (Å²) in [6.07, 6.45) is 8.35. The van der Waals surface area contributed by atoms with Crippen LogP contribution in [-0.2, 0) is 35.2 Å². The lowest BCUT2D eigenvalue weighted by Crippen LogP contribution is -2.43. The maximum absolute atomic E-state index is 13.2. The Morgan fingerprint density at radius 1 is 1.02 bits per heavy atom. The molecule has 0 spiro atoms. The van der Waals surface area contributed by atoms with Gasteiger partial charge in [-0.2, -0.15) is 0 Å². The number of unbranched alkanes of at least 4 members (excludes halogenated alkanes) is 1. The average molecular weight is 576 g/mol. The van der Waals surface area contributed by atoms with Crippen molar-refractivity contribution in [1.82, 2.24) is 16.0 Å². The molecule has 2 atom stereocenters. The number of nitrogens with one attached hydrogen (secondary N) is 3. The molecule has 2 rings (SSSR count). The number of allylic oxidation sites excluding steroid dienone is 2. The van der Waals surface area contributed by atoms with Gasteiger partial charge in [0.1, 0.15) is 13.2 Å². The molecule has 1 aromatic rings. The maximum atomic E-state index is 13.2. The van der Waals surface area contributed by atoms with Crippen molar-refractivity contribution >= 4 is 23.9 Å². The molecule has 0 bridgehead atoms. The van der Waals surface area contributed by atoms with Crippen LogP contribution in [0, 0.1) is 5.92 Å². The van der Waals surface area contributed by atoms with Gasteiger partial charge in [-0.15, -0.1) is 0 Å². The molecule has 3 amide bonds. The van der Waals surface area contributed by atoms with Crippen LogP contribution in [0.3, 0.4) is 0 Å². The number of amides is 3. The molecule has 4 N–H and O–H groups in total. The summed E-state index contributed by atoms with van der Waals surface area (Å²) in [5.41, 5.74) is 0.903. The van der Waals surface area contributed by atoms with Crippen LogP contribution in [0.4, 0.5) is 4.79 Å². The summed E-state index contributed by atoms with van der Waals surface area (Å²) < 4.78 is 15.8. The largest absolute Gasteiger partial charge is 0.463 e. The molecule has 1 aliphatic heterocycles. The Hall–Kier alpha value is -3.44. The first kappa shape index (κ1) is 33.8. The number of carbonyl (C=O) groups is 4. The average Bonchev–Trinajstić information content (AvgIpc) is 2.97. The monoisotopic (exact) mass is 575 g/mol. The van der Waals surface area contributed by atoms with E-state index in [1.807, 2.05) is 42.5 Å². The van der Waals surface area contributed by atoms with Gasteiger partial charge in [-0.3, -0.25) is 14.4 Å². The van der Waals surface area contributed by atoms with Crippen molar-refractivity contribution in [3.8, 4) is 0 Å². The van der Waals surface area contributed by atoms with Crippen LogP contribution in [0.1, 0.15) is 63.4 Å². The summed E-state index contributed by atoms with van der Waals surface area (Å²) in [6, 6.07) is 8.99. The highest BCUT2D eigenvalue weighted by molar-refractivity contribution is 5.86. The second-order valence-corrected chi connectivity index (χ2v) is 9.91. The SMILES string of the molecule is O=C(C[C@H]1CC=CCCCCC(=O)OC[C@H](CCCCNC(=O)OCc2ccccc2)NC1=O)NCCOCCO. The van der Waals surface area contributed by atoms with Gasteiger partial charge in [0.2, 0.25) is 11.8 Å². The van der Waals surface area contributed by atoms with E-state index >= 15 is 0 Å². The van der Waals surface area contributed by atoms with E-state index in [1.54, 1.807) is 0 Å². The molecule has 11 nitrogen and oxygen atoms in total. The third-order valence-electron chi connectivity index (χ3n) is 6.45. The van der Waals surface area contributed by atoms with E-state index < -0.39 is 18.1 Å². The predicted octanol–water partition coefficient (Wildman–Crippen LogP) is 2.76. The number of rotatable bonds is 14. The third-order valence-corrected chi connectivity index (χ3v) is 6.45. The van der Waals surface area contributed by atoms with Crippen molar-refractivity contribution in [2.75, 3.05) is 39.5 Å². The second-order valence-electron chi connectivity index (χ2n) is 9.91. The van der Waals surface area contributed by atoms with Crippen molar-refractivity contribution in [2.24, 2.45) is 5.92 Å². The van der Waals surface area contributed by atoms with E-state index in [1.165, 1.54) is 0 Å². The zero-order valence-electron chi connectivity index (χ0n) is 23.8. The molecule has 1 heterocycles. The fourth-order valence-corrected chi connectivity index (χ4v) is 4.18. The smallest absolute Gasteiger partial charge is 0.407 e. The first-order valence-corrected chi connectivity index (χ1v) is 14.5. The van der Waals surface area contributed by atoms with Gasteiger partial charge >= 0.3 is 12.1 Å². The van der Waals surface area contributed by atoms with E-state index in [4.69, 9.17) is 19.3 Å². The molecule has 1 aromatic carbocycles. The molecule has 0 saturated heterocycles. The van der Waals surface area contributed by atoms with E-state index in [0.29, 0.717) is 38.6 Å². The normalized spacial score (nSPS) is 18.5. The minimum absolute atomic E-state index is 0.0116.